The molecule has 106 valence electrons. The molecule has 0 radical (unpaired) electrons. The van der Waals surface area contributed by atoms with Crippen molar-refractivity contribution >= 4 is 33.0 Å². The molecule has 0 aliphatic carbocycles. The molecule has 0 atom stereocenters. The lowest BCUT2D eigenvalue weighted by Crippen LogP contribution is -2.45. The number of rotatable bonds is 5. The Labute approximate surface area is 118 Å². The van der Waals surface area contributed by atoms with Crippen molar-refractivity contribution in [2.24, 2.45) is 5.41 Å². The van der Waals surface area contributed by atoms with Gasteiger partial charge in [0, 0.05) is 12.0 Å². The van der Waals surface area contributed by atoms with Crippen LogP contribution in [0.4, 0.5) is 11.4 Å². The summed E-state index contributed by atoms with van der Waals surface area (Å²) in [6.45, 7) is 4.29. The Kier molecular flexibility index (Phi) is 3.94. The Balaban J connectivity index is 2.08. The zero-order chi connectivity index (χ0) is 14.1. The fourth-order valence-corrected chi connectivity index (χ4v) is 2.54. The van der Waals surface area contributed by atoms with E-state index in [1.54, 1.807) is 18.2 Å². The van der Waals surface area contributed by atoms with Crippen molar-refractivity contribution in [3.05, 3.63) is 23.2 Å². The van der Waals surface area contributed by atoms with Gasteiger partial charge in [0.15, 0.2) is 0 Å². The van der Waals surface area contributed by atoms with Crippen molar-refractivity contribution in [2.75, 3.05) is 36.1 Å². The first-order valence-corrected chi connectivity index (χ1v) is 8.13. The molecule has 5 nitrogen and oxygen atoms in total. The lowest BCUT2D eigenvalue weighted by molar-refractivity contribution is -0.0924. The molecule has 0 saturated carbocycles. The molecule has 0 spiro atoms. The third-order valence-electron chi connectivity index (χ3n) is 2.88. The lowest BCUT2D eigenvalue weighted by atomic mass is 9.89. The molecule has 1 aromatic carbocycles. The zero-order valence-electron chi connectivity index (χ0n) is 10.9. The minimum Gasteiger partial charge on any atom is -0.383 e. The number of hydrogen-bond acceptors (Lipinski definition) is 4. The van der Waals surface area contributed by atoms with E-state index < -0.39 is 10.0 Å². The monoisotopic (exact) mass is 304 g/mol. The van der Waals surface area contributed by atoms with Crippen molar-refractivity contribution in [3.63, 3.8) is 0 Å². The van der Waals surface area contributed by atoms with Gasteiger partial charge in [-0.15, -0.1) is 0 Å². The molecule has 1 heterocycles. The number of hydrogen-bond donors (Lipinski definition) is 2. The molecular weight excluding hydrogens is 288 g/mol. The van der Waals surface area contributed by atoms with Crippen molar-refractivity contribution in [1.29, 1.82) is 0 Å². The first kappa shape index (κ1) is 14.4. The van der Waals surface area contributed by atoms with Crippen LogP contribution < -0.4 is 10.0 Å². The Hall–Kier alpha value is -0.980. The fourth-order valence-electron chi connectivity index (χ4n) is 1.80. The summed E-state index contributed by atoms with van der Waals surface area (Å²) in [4.78, 5) is 0. The normalized spacial score (nSPS) is 17.6. The molecule has 1 aliphatic heterocycles. The SMILES string of the molecule is CC1(CNc2cc(NS(C)(=O)=O)ccc2Cl)COC1. The average molecular weight is 305 g/mol. The standard InChI is InChI=1S/C12H17ClN2O3S/c1-12(7-18-8-12)6-14-11-5-9(3-4-10(11)13)15-19(2,16)17/h3-5,14-15H,6-8H2,1-2H3. The number of benzene rings is 1. The smallest absolute Gasteiger partial charge is 0.229 e. The summed E-state index contributed by atoms with van der Waals surface area (Å²) in [6.07, 6.45) is 1.11. The topological polar surface area (TPSA) is 67.4 Å². The molecule has 0 unspecified atom stereocenters. The van der Waals surface area contributed by atoms with Crippen LogP contribution in [0.15, 0.2) is 18.2 Å². The number of halogens is 1. The largest absolute Gasteiger partial charge is 0.383 e. The Morgan fingerprint density at radius 3 is 2.63 bits per heavy atom. The highest BCUT2D eigenvalue weighted by Gasteiger charge is 2.33. The minimum absolute atomic E-state index is 0.115. The van der Waals surface area contributed by atoms with E-state index in [0.717, 1.165) is 26.0 Å². The van der Waals surface area contributed by atoms with Gasteiger partial charge in [0.05, 0.1) is 35.9 Å². The van der Waals surface area contributed by atoms with E-state index in [2.05, 4.69) is 17.0 Å². The van der Waals surface area contributed by atoms with E-state index in [-0.39, 0.29) is 5.41 Å². The summed E-state index contributed by atoms with van der Waals surface area (Å²) in [5.74, 6) is 0. The lowest BCUT2D eigenvalue weighted by Gasteiger charge is -2.38. The number of ether oxygens (including phenoxy) is 1. The maximum absolute atomic E-state index is 11.2. The predicted molar refractivity (Wildman–Crippen MR) is 77.3 cm³/mol. The molecule has 1 aliphatic rings. The molecule has 19 heavy (non-hydrogen) atoms. The molecule has 1 saturated heterocycles. The van der Waals surface area contributed by atoms with Crippen LogP contribution in [0.2, 0.25) is 5.02 Å². The zero-order valence-corrected chi connectivity index (χ0v) is 12.4. The second-order valence-corrected chi connectivity index (χ2v) is 7.38. The second-order valence-electron chi connectivity index (χ2n) is 5.23. The maximum Gasteiger partial charge on any atom is 0.229 e. The molecule has 1 aromatic rings. The van der Waals surface area contributed by atoms with Gasteiger partial charge in [-0.3, -0.25) is 4.72 Å². The van der Waals surface area contributed by atoms with Gasteiger partial charge in [-0.05, 0) is 18.2 Å². The molecule has 2 rings (SSSR count). The van der Waals surface area contributed by atoms with Crippen molar-refractivity contribution < 1.29 is 13.2 Å². The quantitative estimate of drug-likeness (QED) is 0.875. The van der Waals surface area contributed by atoms with E-state index in [4.69, 9.17) is 16.3 Å². The highest BCUT2D eigenvalue weighted by Crippen LogP contribution is 2.30. The van der Waals surface area contributed by atoms with Crippen LogP contribution in [0.25, 0.3) is 0 Å². The third-order valence-corrected chi connectivity index (χ3v) is 3.81. The summed E-state index contributed by atoms with van der Waals surface area (Å²) < 4.78 is 30.0. The first-order valence-electron chi connectivity index (χ1n) is 5.86. The third kappa shape index (κ3) is 3.99. The van der Waals surface area contributed by atoms with Crippen LogP contribution in [0.5, 0.6) is 0 Å². The van der Waals surface area contributed by atoms with Crippen molar-refractivity contribution in [1.82, 2.24) is 0 Å². The Morgan fingerprint density at radius 2 is 2.11 bits per heavy atom. The van der Waals surface area contributed by atoms with Crippen molar-refractivity contribution in [2.45, 2.75) is 6.92 Å². The molecule has 2 N–H and O–H groups in total. The first-order chi connectivity index (χ1) is 8.77. The number of anilines is 2. The van der Waals surface area contributed by atoms with Crippen LogP contribution in [-0.4, -0.2) is 34.4 Å². The van der Waals surface area contributed by atoms with Crippen molar-refractivity contribution in [3.8, 4) is 0 Å². The minimum atomic E-state index is -3.28. The van der Waals surface area contributed by atoms with Crippen LogP contribution >= 0.6 is 11.6 Å². The van der Waals surface area contributed by atoms with Gasteiger partial charge < -0.3 is 10.1 Å². The highest BCUT2D eigenvalue weighted by atomic mass is 35.5. The van der Waals surface area contributed by atoms with Gasteiger partial charge in [0.2, 0.25) is 10.0 Å². The molecule has 1 fully saturated rings. The van der Waals surface area contributed by atoms with Crippen LogP contribution in [-0.2, 0) is 14.8 Å². The molecular formula is C12H17ClN2O3S. The van der Waals surface area contributed by atoms with Crippen LogP contribution in [0, 0.1) is 5.41 Å². The van der Waals surface area contributed by atoms with E-state index in [1.807, 2.05) is 0 Å². The summed E-state index contributed by atoms with van der Waals surface area (Å²) in [6, 6.07) is 4.98. The number of sulfonamides is 1. The Bertz CT molecular complexity index is 570. The van der Waals surface area contributed by atoms with Crippen LogP contribution in [0.1, 0.15) is 6.92 Å². The van der Waals surface area contributed by atoms with E-state index >= 15 is 0 Å². The predicted octanol–water partition coefficient (Wildman–Crippen LogP) is 2.16. The van der Waals surface area contributed by atoms with Gasteiger partial charge in [0.1, 0.15) is 0 Å². The summed E-state index contributed by atoms with van der Waals surface area (Å²) in [5, 5.41) is 3.79. The fraction of sp³-hybridized carbons (Fsp3) is 0.500. The summed E-state index contributed by atoms with van der Waals surface area (Å²) >= 11 is 6.09. The summed E-state index contributed by atoms with van der Waals surface area (Å²) in [5.41, 5.74) is 1.32. The molecule has 0 aromatic heterocycles. The highest BCUT2D eigenvalue weighted by molar-refractivity contribution is 7.92. The average Bonchev–Trinajstić information content (AvgIpc) is 2.25. The maximum atomic E-state index is 11.2. The van der Waals surface area contributed by atoms with Gasteiger partial charge in [-0.2, -0.15) is 0 Å². The second kappa shape index (κ2) is 5.19. The van der Waals surface area contributed by atoms with E-state index in [9.17, 15) is 8.42 Å². The summed E-state index contributed by atoms with van der Waals surface area (Å²) in [7, 11) is -3.28. The van der Waals surface area contributed by atoms with Gasteiger partial charge in [-0.25, -0.2) is 8.42 Å². The van der Waals surface area contributed by atoms with Gasteiger partial charge in [0.25, 0.3) is 0 Å². The van der Waals surface area contributed by atoms with Gasteiger partial charge in [-0.1, -0.05) is 18.5 Å². The van der Waals surface area contributed by atoms with E-state index in [0.29, 0.717) is 16.4 Å². The molecule has 0 amide bonds. The van der Waals surface area contributed by atoms with Crippen LogP contribution in [0.3, 0.4) is 0 Å². The Morgan fingerprint density at radius 1 is 1.42 bits per heavy atom. The van der Waals surface area contributed by atoms with E-state index in [1.165, 1.54) is 0 Å². The molecule has 7 heteroatoms. The van der Waals surface area contributed by atoms with Gasteiger partial charge >= 0.3 is 0 Å². The number of nitrogens with one attached hydrogen (secondary N) is 2. The molecule has 0 bridgehead atoms.